The minimum absolute atomic E-state index is 0.00631. The van der Waals surface area contributed by atoms with Crippen LogP contribution in [0.4, 0.5) is 0 Å². The molecule has 15 heteroatoms. The lowest BCUT2D eigenvalue weighted by Crippen LogP contribution is -2.62. The highest BCUT2D eigenvalue weighted by Gasteiger charge is 2.38. The second kappa shape index (κ2) is 21.8. The molecular weight excluding hydrogens is 861 g/mol. The molecule has 2 saturated heterocycles. The smallest absolute Gasteiger partial charge is 0.324 e. The van der Waals surface area contributed by atoms with Crippen molar-refractivity contribution in [2.45, 2.75) is 98.0 Å². The number of aromatic nitrogens is 2. The summed E-state index contributed by atoms with van der Waals surface area (Å²) < 4.78 is 14.1. The van der Waals surface area contributed by atoms with Gasteiger partial charge in [-0.1, -0.05) is 45.9 Å². The number of aromatic hydroxyl groups is 1. The van der Waals surface area contributed by atoms with Gasteiger partial charge in [-0.15, -0.1) is 0 Å². The van der Waals surface area contributed by atoms with Crippen LogP contribution < -0.4 is 10.7 Å². The van der Waals surface area contributed by atoms with Crippen LogP contribution in [0, 0.1) is 17.3 Å². The molecule has 366 valence electrons. The number of benzene rings is 2. The summed E-state index contributed by atoms with van der Waals surface area (Å²) in [5.74, 6) is -1.04. The van der Waals surface area contributed by atoms with Crippen LogP contribution >= 0.6 is 0 Å². The summed E-state index contributed by atoms with van der Waals surface area (Å²) in [6.45, 7) is 14.3. The predicted molar refractivity (Wildman–Crippen MR) is 264 cm³/mol. The molecule has 6 bridgehead atoms. The van der Waals surface area contributed by atoms with Gasteiger partial charge in [-0.05, 0) is 124 Å². The van der Waals surface area contributed by atoms with Crippen molar-refractivity contribution in [3.05, 3.63) is 83.7 Å². The summed E-state index contributed by atoms with van der Waals surface area (Å²) in [6.07, 6.45) is 7.80. The predicted octanol–water partition coefficient (Wildman–Crippen LogP) is 5.81. The maximum Gasteiger partial charge on any atom is 0.324 e. The van der Waals surface area contributed by atoms with Crippen LogP contribution in [0.2, 0.25) is 0 Å². The SMILES string of the molecule is CCn1c(-c2cccnc2COC)c2c3cc(ccc31)-c1cc(O)cc(c1)CC(NC(=O)[C@H](C(C)C)N(C)C[C@H]1CCN(C(=O)/C=C\CN(C)C)C1)C(=O)N1CCC[C@H](N1)C(=O)OCC(C)(C)C2. The Bertz CT molecular complexity index is 2500. The summed E-state index contributed by atoms with van der Waals surface area (Å²) in [5, 5.41) is 17.0. The molecule has 0 spiro atoms. The third kappa shape index (κ3) is 11.6. The lowest BCUT2D eigenvalue weighted by Gasteiger charge is -2.37. The van der Waals surface area contributed by atoms with Crippen molar-refractivity contribution in [3.8, 4) is 28.1 Å². The van der Waals surface area contributed by atoms with Gasteiger partial charge >= 0.3 is 5.97 Å². The number of nitrogens with zero attached hydrogens (tertiary/aromatic N) is 6. The van der Waals surface area contributed by atoms with Gasteiger partial charge in [-0.3, -0.25) is 34.1 Å². The molecule has 2 aromatic carbocycles. The molecular formula is C53H72N8O7. The van der Waals surface area contributed by atoms with Crippen molar-refractivity contribution in [1.29, 1.82) is 0 Å². The number of aryl methyl sites for hydroxylation is 1. The van der Waals surface area contributed by atoms with Crippen LogP contribution in [0.15, 0.2) is 66.9 Å². The second-order valence-corrected chi connectivity index (χ2v) is 20.4. The number of carbonyl (C=O) groups excluding carboxylic acids is 4. The quantitative estimate of drug-likeness (QED) is 0.110. The zero-order valence-electron chi connectivity index (χ0n) is 41.5. The van der Waals surface area contributed by atoms with Gasteiger partial charge < -0.3 is 34.3 Å². The molecule has 3 aliphatic rings. The number of pyridine rings is 1. The molecule has 4 atom stereocenters. The Balaban J connectivity index is 1.24. The lowest BCUT2D eigenvalue weighted by molar-refractivity contribution is -0.155. The number of carbonyl (C=O) groups is 4. The Morgan fingerprint density at radius 1 is 1.07 bits per heavy atom. The number of rotatable bonds is 13. The summed E-state index contributed by atoms with van der Waals surface area (Å²) in [4.78, 5) is 66.9. The Hall–Kier alpha value is -5.61. The number of hydrogen-bond acceptors (Lipinski definition) is 11. The van der Waals surface area contributed by atoms with Gasteiger partial charge in [0.1, 0.15) is 17.8 Å². The van der Waals surface area contributed by atoms with Gasteiger partial charge in [0.15, 0.2) is 0 Å². The minimum Gasteiger partial charge on any atom is -0.508 e. The molecule has 0 aliphatic carbocycles. The topological polar surface area (TPSA) is 162 Å². The van der Waals surface area contributed by atoms with E-state index in [1.165, 1.54) is 5.01 Å². The van der Waals surface area contributed by atoms with E-state index in [-0.39, 0.29) is 48.3 Å². The number of likely N-dealkylation sites (tertiary alicyclic amines) is 1. The van der Waals surface area contributed by atoms with Crippen LogP contribution in [-0.4, -0.2) is 144 Å². The standard InChI is InChI=1S/C53H72N8O7/c1-10-60-46-18-17-37-28-41(46)42(49(60)40-14-11-20-54-45(40)32-67-9)29-53(4,5)33-68-52(66)43-15-12-22-61(56-43)51(65)44(26-36-24-38(37)27-39(62)25-36)55-50(64)48(34(2)3)58(8)30-35-19-23-59(31-35)47(63)16-13-21-57(6)7/h11,13-14,16-18,20,24-25,27-28,34-35,43-44,48,56,62H,10,12,15,19,21-23,26,29-33H2,1-9H3,(H,55,64)/b16-13-/t35-,43+,44?,48+/m1/s1. The third-order valence-corrected chi connectivity index (χ3v) is 13.5. The first-order valence-electron chi connectivity index (χ1n) is 24.2. The number of likely N-dealkylation sites (N-methyl/N-ethyl adjacent to an activating group) is 2. The molecule has 0 radical (unpaired) electrons. The Labute approximate surface area is 401 Å². The summed E-state index contributed by atoms with van der Waals surface area (Å²) >= 11 is 0. The third-order valence-electron chi connectivity index (χ3n) is 13.5. The van der Waals surface area contributed by atoms with E-state index < -0.39 is 29.5 Å². The van der Waals surface area contributed by atoms with Gasteiger partial charge in [0, 0.05) is 87.0 Å². The number of hydrazine groups is 1. The molecule has 7 rings (SSSR count). The van der Waals surface area contributed by atoms with Crippen LogP contribution in [0.5, 0.6) is 5.75 Å². The molecule has 15 nitrogen and oxygen atoms in total. The number of nitrogens with one attached hydrogen (secondary N) is 2. The molecule has 2 fully saturated rings. The molecule has 4 aromatic rings. The van der Waals surface area contributed by atoms with E-state index in [1.807, 2.05) is 67.9 Å². The summed E-state index contributed by atoms with van der Waals surface area (Å²) in [6, 6.07) is 13.3. The van der Waals surface area contributed by atoms with Crippen molar-refractivity contribution < 1.29 is 33.8 Å². The monoisotopic (exact) mass is 933 g/mol. The van der Waals surface area contributed by atoms with E-state index in [2.05, 4.69) is 60.3 Å². The number of amides is 3. The van der Waals surface area contributed by atoms with E-state index in [0.29, 0.717) is 70.7 Å². The molecule has 5 heterocycles. The fraction of sp³-hybridized carbons (Fsp3) is 0.528. The molecule has 3 amide bonds. The highest BCUT2D eigenvalue weighted by molar-refractivity contribution is 5.96. The first-order valence-corrected chi connectivity index (χ1v) is 24.2. The van der Waals surface area contributed by atoms with Gasteiger partial charge in [-0.2, -0.15) is 0 Å². The molecule has 3 aliphatic heterocycles. The largest absolute Gasteiger partial charge is 0.508 e. The highest BCUT2D eigenvalue weighted by Crippen LogP contribution is 2.41. The van der Waals surface area contributed by atoms with Crippen molar-refractivity contribution >= 4 is 34.6 Å². The number of esters is 1. The molecule has 2 aromatic heterocycles. The maximum atomic E-state index is 14.8. The van der Waals surface area contributed by atoms with Gasteiger partial charge in [-0.25, -0.2) is 5.43 Å². The average Bonchev–Trinajstić information content (AvgIpc) is 3.89. The fourth-order valence-corrected chi connectivity index (χ4v) is 10.4. The van der Waals surface area contributed by atoms with E-state index in [1.54, 1.807) is 31.5 Å². The van der Waals surface area contributed by atoms with E-state index >= 15 is 0 Å². The van der Waals surface area contributed by atoms with Crippen LogP contribution in [0.25, 0.3) is 33.3 Å². The Kier molecular flexibility index (Phi) is 16.1. The number of phenols is 1. The van der Waals surface area contributed by atoms with E-state index in [4.69, 9.17) is 14.5 Å². The molecule has 3 N–H and O–H groups in total. The first-order chi connectivity index (χ1) is 32.5. The Morgan fingerprint density at radius 2 is 1.87 bits per heavy atom. The lowest BCUT2D eigenvalue weighted by atomic mass is 9.84. The molecule has 1 unspecified atom stereocenters. The van der Waals surface area contributed by atoms with Crippen molar-refractivity contribution in [2.75, 3.05) is 67.6 Å². The minimum atomic E-state index is -1.04. The number of ether oxygens (including phenoxy) is 2. The van der Waals surface area contributed by atoms with Crippen molar-refractivity contribution in [3.63, 3.8) is 0 Å². The number of fused-ring (bicyclic) bond motifs is 6. The van der Waals surface area contributed by atoms with Crippen LogP contribution in [0.3, 0.4) is 0 Å². The molecule has 0 saturated carbocycles. The summed E-state index contributed by atoms with van der Waals surface area (Å²) in [5.41, 5.74) is 9.89. The first kappa shape index (κ1) is 50.3. The number of phenolic OH excluding ortho intramolecular Hbond substituents is 1. The fourth-order valence-electron chi connectivity index (χ4n) is 10.4. The van der Waals surface area contributed by atoms with Crippen molar-refractivity contribution in [2.24, 2.45) is 17.3 Å². The van der Waals surface area contributed by atoms with Gasteiger partial charge in [0.2, 0.25) is 11.8 Å². The summed E-state index contributed by atoms with van der Waals surface area (Å²) in [7, 11) is 7.51. The second-order valence-electron chi connectivity index (χ2n) is 20.4. The van der Waals surface area contributed by atoms with Crippen LogP contribution in [0.1, 0.15) is 70.7 Å². The molecule has 68 heavy (non-hydrogen) atoms. The average molecular weight is 933 g/mol. The van der Waals surface area contributed by atoms with Crippen LogP contribution in [-0.2, 0) is 54.6 Å². The van der Waals surface area contributed by atoms with Gasteiger partial charge in [0.05, 0.1) is 30.6 Å². The zero-order valence-corrected chi connectivity index (χ0v) is 41.5. The van der Waals surface area contributed by atoms with Gasteiger partial charge in [0.25, 0.3) is 5.91 Å². The van der Waals surface area contributed by atoms with E-state index in [0.717, 1.165) is 51.0 Å². The van der Waals surface area contributed by atoms with E-state index in [9.17, 15) is 24.3 Å². The highest BCUT2D eigenvalue weighted by atomic mass is 16.5. The maximum absolute atomic E-state index is 14.8. The normalized spacial score (nSPS) is 20.7. The number of methoxy groups -OCH3 is 1. The number of cyclic esters (lactones) is 1. The van der Waals surface area contributed by atoms with Crippen molar-refractivity contribution in [1.82, 2.24) is 40.0 Å². The Morgan fingerprint density at radius 3 is 2.60 bits per heavy atom. The number of hydrogen-bond donors (Lipinski definition) is 3. The zero-order chi connectivity index (χ0) is 48.9.